The number of benzene rings is 1. The Morgan fingerprint density at radius 3 is 2.11 bits per heavy atom. The minimum Gasteiger partial charge on any atom is -0.329 e. The molecule has 0 amide bonds. The van der Waals surface area contributed by atoms with E-state index in [0.717, 1.165) is 13.0 Å². The standard InChI is InChI=1S/C16H28N2/c1-6-14(5)18(7-2)15(11-17)16-12(3)9-8-10-13(16)4/h8-10,14-15H,6-7,11,17H2,1-5H3. The summed E-state index contributed by atoms with van der Waals surface area (Å²) in [6.07, 6.45) is 1.16. The van der Waals surface area contributed by atoms with Crippen molar-refractivity contribution in [2.24, 2.45) is 5.73 Å². The molecule has 2 nitrogen and oxygen atoms in total. The second-order valence-electron chi connectivity index (χ2n) is 5.14. The molecule has 18 heavy (non-hydrogen) atoms. The van der Waals surface area contributed by atoms with Crippen LogP contribution in [0, 0.1) is 13.8 Å². The van der Waals surface area contributed by atoms with Gasteiger partial charge < -0.3 is 5.73 Å². The Hall–Kier alpha value is -0.860. The van der Waals surface area contributed by atoms with Gasteiger partial charge in [-0.15, -0.1) is 0 Å². The minimum atomic E-state index is 0.339. The second kappa shape index (κ2) is 6.91. The lowest BCUT2D eigenvalue weighted by molar-refractivity contribution is 0.151. The van der Waals surface area contributed by atoms with Crippen molar-refractivity contribution in [3.05, 3.63) is 34.9 Å². The van der Waals surface area contributed by atoms with Crippen molar-refractivity contribution in [1.29, 1.82) is 0 Å². The first-order valence-electron chi connectivity index (χ1n) is 7.08. The van der Waals surface area contributed by atoms with Crippen molar-refractivity contribution in [1.82, 2.24) is 4.90 Å². The number of aryl methyl sites for hydroxylation is 2. The van der Waals surface area contributed by atoms with Crippen LogP contribution in [0.1, 0.15) is 49.9 Å². The van der Waals surface area contributed by atoms with Crippen LogP contribution in [0.3, 0.4) is 0 Å². The molecule has 0 aliphatic rings. The fourth-order valence-corrected chi connectivity index (χ4v) is 2.85. The van der Waals surface area contributed by atoms with E-state index < -0.39 is 0 Å². The molecule has 0 spiro atoms. The predicted octanol–water partition coefficient (Wildman–Crippen LogP) is 3.42. The lowest BCUT2D eigenvalue weighted by Crippen LogP contribution is -2.40. The summed E-state index contributed by atoms with van der Waals surface area (Å²) in [5.74, 6) is 0. The number of hydrogen-bond donors (Lipinski definition) is 1. The molecule has 1 aromatic rings. The van der Waals surface area contributed by atoms with Gasteiger partial charge in [0, 0.05) is 18.6 Å². The van der Waals surface area contributed by atoms with E-state index in [1.807, 2.05) is 0 Å². The topological polar surface area (TPSA) is 29.3 Å². The summed E-state index contributed by atoms with van der Waals surface area (Å²) in [6, 6.07) is 7.42. The largest absolute Gasteiger partial charge is 0.329 e. The normalized spacial score (nSPS) is 14.8. The highest BCUT2D eigenvalue weighted by molar-refractivity contribution is 5.36. The molecule has 0 saturated carbocycles. The number of nitrogens with two attached hydrogens (primary N) is 1. The lowest BCUT2D eigenvalue weighted by atomic mass is 9.94. The van der Waals surface area contributed by atoms with Gasteiger partial charge in [-0.2, -0.15) is 0 Å². The third-order valence-electron chi connectivity index (χ3n) is 4.02. The number of rotatable bonds is 6. The summed E-state index contributed by atoms with van der Waals surface area (Å²) in [4.78, 5) is 2.52. The molecule has 102 valence electrons. The van der Waals surface area contributed by atoms with E-state index in [4.69, 9.17) is 5.73 Å². The van der Waals surface area contributed by atoms with Gasteiger partial charge in [-0.25, -0.2) is 0 Å². The van der Waals surface area contributed by atoms with Gasteiger partial charge in [0.2, 0.25) is 0 Å². The van der Waals surface area contributed by atoms with Crippen molar-refractivity contribution in [3.8, 4) is 0 Å². The lowest BCUT2D eigenvalue weighted by Gasteiger charge is -2.36. The van der Waals surface area contributed by atoms with Gasteiger partial charge >= 0.3 is 0 Å². The molecule has 2 N–H and O–H groups in total. The van der Waals surface area contributed by atoms with Gasteiger partial charge in [0.05, 0.1) is 0 Å². The summed E-state index contributed by atoms with van der Waals surface area (Å²) in [5.41, 5.74) is 10.2. The maximum atomic E-state index is 6.07. The Morgan fingerprint density at radius 2 is 1.72 bits per heavy atom. The third kappa shape index (κ3) is 3.12. The van der Waals surface area contributed by atoms with Crippen LogP contribution in [-0.2, 0) is 0 Å². The average Bonchev–Trinajstić information content (AvgIpc) is 2.36. The van der Waals surface area contributed by atoms with Crippen molar-refractivity contribution < 1.29 is 0 Å². The highest BCUT2D eigenvalue weighted by Crippen LogP contribution is 2.28. The van der Waals surface area contributed by atoms with Crippen molar-refractivity contribution in [2.75, 3.05) is 13.1 Å². The quantitative estimate of drug-likeness (QED) is 0.836. The van der Waals surface area contributed by atoms with Crippen molar-refractivity contribution >= 4 is 0 Å². The molecular formula is C16H28N2. The zero-order chi connectivity index (χ0) is 13.7. The Balaban J connectivity index is 3.15. The zero-order valence-electron chi connectivity index (χ0n) is 12.5. The van der Waals surface area contributed by atoms with Gasteiger partial charge in [0.1, 0.15) is 0 Å². The maximum Gasteiger partial charge on any atom is 0.0478 e. The van der Waals surface area contributed by atoms with Gasteiger partial charge in [-0.3, -0.25) is 4.90 Å². The zero-order valence-corrected chi connectivity index (χ0v) is 12.5. The Labute approximate surface area is 112 Å². The third-order valence-corrected chi connectivity index (χ3v) is 4.02. The Morgan fingerprint density at radius 1 is 1.17 bits per heavy atom. The Kier molecular flexibility index (Phi) is 5.83. The van der Waals surface area contributed by atoms with E-state index in [9.17, 15) is 0 Å². The monoisotopic (exact) mass is 248 g/mol. The number of likely N-dealkylation sites (N-methyl/N-ethyl adjacent to an activating group) is 1. The molecule has 1 rings (SSSR count). The maximum absolute atomic E-state index is 6.07. The van der Waals surface area contributed by atoms with Crippen LogP contribution in [0.2, 0.25) is 0 Å². The summed E-state index contributed by atoms with van der Waals surface area (Å²) in [5, 5.41) is 0. The van der Waals surface area contributed by atoms with Crippen LogP contribution in [0.4, 0.5) is 0 Å². The first-order chi connectivity index (χ1) is 8.56. The first kappa shape index (κ1) is 15.2. The summed E-state index contributed by atoms with van der Waals surface area (Å²) >= 11 is 0. The number of nitrogens with zero attached hydrogens (tertiary/aromatic N) is 1. The van der Waals surface area contributed by atoms with E-state index in [0.29, 0.717) is 18.6 Å². The van der Waals surface area contributed by atoms with E-state index in [1.54, 1.807) is 0 Å². The van der Waals surface area contributed by atoms with E-state index >= 15 is 0 Å². The second-order valence-corrected chi connectivity index (χ2v) is 5.14. The SMILES string of the molecule is CCC(C)N(CC)C(CN)c1c(C)cccc1C. The molecule has 0 heterocycles. The van der Waals surface area contributed by atoms with Gasteiger partial charge in [-0.05, 0) is 50.4 Å². The van der Waals surface area contributed by atoms with Crippen molar-refractivity contribution in [2.45, 2.75) is 53.1 Å². The van der Waals surface area contributed by atoms with Crippen LogP contribution in [0.15, 0.2) is 18.2 Å². The smallest absolute Gasteiger partial charge is 0.0478 e. The number of hydrogen-bond acceptors (Lipinski definition) is 2. The van der Waals surface area contributed by atoms with Gasteiger partial charge in [0.15, 0.2) is 0 Å². The average molecular weight is 248 g/mol. The summed E-state index contributed by atoms with van der Waals surface area (Å²) < 4.78 is 0. The van der Waals surface area contributed by atoms with Crippen LogP contribution >= 0.6 is 0 Å². The highest BCUT2D eigenvalue weighted by atomic mass is 15.2. The van der Waals surface area contributed by atoms with Crippen LogP contribution in [0.5, 0.6) is 0 Å². The van der Waals surface area contributed by atoms with Crippen LogP contribution in [0.25, 0.3) is 0 Å². The first-order valence-corrected chi connectivity index (χ1v) is 7.08. The van der Waals surface area contributed by atoms with Crippen LogP contribution < -0.4 is 5.73 Å². The molecule has 0 saturated heterocycles. The minimum absolute atomic E-state index is 0.339. The molecule has 0 aliphatic carbocycles. The fourth-order valence-electron chi connectivity index (χ4n) is 2.85. The molecule has 0 aliphatic heterocycles. The van der Waals surface area contributed by atoms with Crippen molar-refractivity contribution in [3.63, 3.8) is 0 Å². The molecule has 0 radical (unpaired) electrons. The summed E-state index contributed by atoms with van der Waals surface area (Å²) in [6.45, 7) is 12.9. The molecule has 1 aromatic carbocycles. The van der Waals surface area contributed by atoms with E-state index in [-0.39, 0.29) is 0 Å². The fraction of sp³-hybridized carbons (Fsp3) is 0.625. The van der Waals surface area contributed by atoms with Crippen LogP contribution in [-0.4, -0.2) is 24.0 Å². The van der Waals surface area contributed by atoms with E-state index in [2.05, 4.69) is 57.7 Å². The molecule has 0 fully saturated rings. The predicted molar refractivity (Wildman–Crippen MR) is 79.8 cm³/mol. The molecule has 2 heteroatoms. The Bertz CT molecular complexity index is 353. The van der Waals surface area contributed by atoms with E-state index in [1.165, 1.54) is 16.7 Å². The molecule has 2 unspecified atom stereocenters. The van der Waals surface area contributed by atoms with Gasteiger partial charge in [-0.1, -0.05) is 32.0 Å². The molecule has 0 aromatic heterocycles. The highest BCUT2D eigenvalue weighted by Gasteiger charge is 2.23. The molecular weight excluding hydrogens is 220 g/mol. The van der Waals surface area contributed by atoms with Gasteiger partial charge in [0.25, 0.3) is 0 Å². The molecule has 2 atom stereocenters. The molecule has 0 bridgehead atoms. The summed E-state index contributed by atoms with van der Waals surface area (Å²) in [7, 11) is 0.